The summed E-state index contributed by atoms with van der Waals surface area (Å²) in [5.41, 5.74) is 10.0. The van der Waals surface area contributed by atoms with Crippen molar-refractivity contribution in [3.05, 3.63) is 119 Å². The van der Waals surface area contributed by atoms with Gasteiger partial charge in [0, 0.05) is 47.9 Å². The average Bonchev–Trinajstić information content (AvgIpc) is 3.94. The summed E-state index contributed by atoms with van der Waals surface area (Å²) in [6, 6.07) is 25.0. The van der Waals surface area contributed by atoms with Gasteiger partial charge in [-0.1, -0.05) is 68.4 Å². The predicted octanol–water partition coefficient (Wildman–Crippen LogP) is 7.21. The maximum Gasteiger partial charge on any atom is 0.490 e. The van der Waals surface area contributed by atoms with Gasteiger partial charge in [0.15, 0.2) is 0 Å². The molecule has 0 saturated carbocycles. The molecule has 334 valence electrons. The number of alkyl halides is 3. The molecule has 0 aliphatic carbocycles. The number of nitrogens with one attached hydrogen (secondary N) is 3. The highest BCUT2D eigenvalue weighted by molar-refractivity contribution is 6.01. The number of hydrogen-bond donors (Lipinski definition) is 4. The maximum absolute atomic E-state index is 12.7. The Morgan fingerprint density at radius 2 is 1.67 bits per heavy atom. The van der Waals surface area contributed by atoms with Crippen molar-refractivity contribution in [2.75, 3.05) is 18.4 Å². The molecule has 64 heavy (non-hydrogen) atoms. The van der Waals surface area contributed by atoms with Gasteiger partial charge in [-0.25, -0.2) is 14.3 Å². The normalized spacial score (nSPS) is 16.2. The SMILES string of the molecule is Cc1cc(-c2ncnn3cc(-c4cccc(CN5CCC(c6ccc(NC7CCC(=O)NC7=O)cc6)CC5)c4)cc23)ccc1CNC(=O)c1noc(C(C)(C)C)n1.O=C(O)C(F)(F)F. The van der Waals surface area contributed by atoms with Crippen LogP contribution in [0.1, 0.15) is 91.1 Å². The minimum Gasteiger partial charge on any atom is -0.475 e. The molecule has 3 amide bonds. The van der Waals surface area contributed by atoms with Crippen molar-refractivity contribution >= 4 is 34.9 Å². The summed E-state index contributed by atoms with van der Waals surface area (Å²) in [4.78, 5) is 56.7. The van der Waals surface area contributed by atoms with Gasteiger partial charge in [0.2, 0.25) is 17.7 Å². The van der Waals surface area contributed by atoms with Crippen LogP contribution in [0.3, 0.4) is 0 Å². The number of hydrogen-bond acceptors (Lipinski definition) is 11. The fourth-order valence-corrected chi connectivity index (χ4v) is 7.64. The van der Waals surface area contributed by atoms with Crippen LogP contribution in [-0.2, 0) is 32.9 Å². The molecule has 0 bridgehead atoms. The Hall–Kier alpha value is -6.95. The van der Waals surface area contributed by atoms with Crippen LogP contribution in [0.4, 0.5) is 18.9 Å². The number of carbonyl (C=O) groups is 4. The Bertz CT molecular complexity index is 2660. The predicted molar refractivity (Wildman–Crippen MR) is 230 cm³/mol. The van der Waals surface area contributed by atoms with E-state index < -0.39 is 12.1 Å². The van der Waals surface area contributed by atoms with Gasteiger partial charge in [0.25, 0.3) is 11.7 Å². The molecular weight excluding hydrogens is 832 g/mol. The van der Waals surface area contributed by atoms with E-state index in [1.807, 2.05) is 56.5 Å². The molecule has 8 rings (SSSR count). The van der Waals surface area contributed by atoms with E-state index in [1.165, 1.54) is 11.1 Å². The molecule has 2 saturated heterocycles. The quantitative estimate of drug-likeness (QED) is 0.101. The molecule has 2 aliphatic heterocycles. The van der Waals surface area contributed by atoms with Crippen LogP contribution in [0.2, 0.25) is 0 Å². The van der Waals surface area contributed by atoms with Crippen LogP contribution in [0.5, 0.6) is 0 Å². The van der Waals surface area contributed by atoms with Crippen molar-refractivity contribution in [2.45, 2.75) is 90.0 Å². The average molecular weight is 880 g/mol. The van der Waals surface area contributed by atoms with Gasteiger partial charge in [0.05, 0.1) is 11.2 Å². The Labute approximate surface area is 366 Å². The molecule has 18 heteroatoms. The molecule has 2 fully saturated rings. The van der Waals surface area contributed by atoms with Crippen molar-refractivity contribution in [1.29, 1.82) is 0 Å². The number of benzene rings is 3. The molecule has 2 aliphatic rings. The van der Waals surface area contributed by atoms with E-state index in [1.54, 1.807) is 6.33 Å². The number of carbonyl (C=O) groups excluding carboxylic acids is 3. The lowest BCUT2D eigenvalue weighted by Crippen LogP contribution is -2.47. The van der Waals surface area contributed by atoms with Crippen molar-refractivity contribution in [2.24, 2.45) is 0 Å². The third-order valence-electron chi connectivity index (χ3n) is 11.2. The fourth-order valence-electron chi connectivity index (χ4n) is 7.64. The number of likely N-dealkylation sites (tertiary alicyclic amines) is 1. The molecule has 3 aromatic heterocycles. The van der Waals surface area contributed by atoms with E-state index >= 15 is 0 Å². The summed E-state index contributed by atoms with van der Waals surface area (Å²) in [6.45, 7) is 11.1. The number of carboxylic acids is 1. The molecule has 5 heterocycles. The maximum atomic E-state index is 12.7. The van der Waals surface area contributed by atoms with Gasteiger partial charge in [-0.15, -0.1) is 0 Å². The number of amides is 3. The third kappa shape index (κ3) is 11.0. The standard InChI is InChI=1S/C44H47N9O4.C2HF3O2/c1-27-20-32(8-9-33(27)23-45-42(56)40-50-43(57-51-40)44(2,3)4)39-37-22-34(25-53(37)47-26-46-39)31-7-5-6-28(21-31)24-52-18-16-30(17-19-52)29-10-12-35(13-11-29)48-36-14-15-38(54)49-41(36)55;3-2(4,5)1(6)7/h5-13,20-22,25-26,30,36,48H,14-19,23-24H2,1-4H3,(H,45,56)(H,49,54,55);(H,6,7). The number of anilines is 1. The minimum atomic E-state index is -5.08. The summed E-state index contributed by atoms with van der Waals surface area (Å²) in [7, 11) is 0. The Morgan fingerprint density at radius 3 is 2.33 bits per heavy atom. The van der Waals surface area contributed by atoms with E-state index in [2.05, 4.69) is 95.8 Å². The molecule has 6 aromatic rings. The monoisotopic (exact) mass is 879 g/mol. The van der Waals surface area contributed by atoms with Crippen molar-refractivity contribution in [3.63, 3.8) is 0 Å². The van der Waals surface area contributed by atoms with Crippen molar-refractivity contribution in [3.8, 4) is 22.4 Å². The summed E-state index contributed by atoms with van der Waals surface area (Å²) in [6.07, 6.45) is 1.59. The topological polar surface area (TPSA) is 197 Å². The third-order valence-corrected chi connectivity index (χ3v) is 11.2. The number of rotatable bonds is 10. The lowest BCUT2D eigenvalue weighted by molar-refractivity contribution is -0.192. The van der Waals surface area contributed by atoms with E-state index in [4.69, 9.17) is 14.4 Å². The number of nitrogens with zero attached hydrogens (tertiary/aromatic N) is 6. The molecule has 1 atom stereocenters. The summed E-state index contributed by atoms with van der Waals surface area (Å²) in [5, 5.41) is 24.1. The molecule has 1 unspecified atom stereocenters. The number of aliphatic carboxylic acids is 1. The van der Waals surface area contributed by atoms with E-state index in [0.29, 0.717) is 31.2 Å². The first-order chi connectivity index (χ1) is 30.4. The van der Waals surface area contributed by atoms with Gasteiger partial charge >= 0.3 is 12.1 Å². The largest absolute Gasteiger partial charge is 0.490 e. The fraction of sp³-hybridized carbons (Fsp3) is 0.348. The zero-order valence-electron chi connectivity index (χ0n) is 35.7. The number of aryl methyl sites for hydroxylation is 1. The Balaban J connectivity index is 0.000000809. The molecular formula is C46H48F3N9O6. The number of piperidine rings is 2. The van der Waals surface area contributed by atoms with Crippen LogP contribution in [0.25, 0.3) is 27.9 Å². The first-order valence-electron chi connectivity index (χ1n) is 20.8. The summed E-state index contributed by atoms with van der Waals surface area (Å²) in [5.74, 6) is -2.67. The van der Waals surface area contributed by atoms with Gasteiger partial charge < -0.3 is 20.3 Å². The number of aromatic nitrogens is 5. The molecule has 3 aromatic carbocycles. The first kappa shape index (κ1) is 45.1. The van der Waals surface area contributed by atoms with Gasteiger partial charge in [0.1, 0.15) is 12.4 Å². The lowest BCUT2D eigenvalue weighted by atomic mass is 9.89. The number of imide groups is 1. The Morgan fingerprint density at radius 1 is 0.938 bits per heavy atom. The second-order valence-corrected chi connectivity index (χ2v) is 17.0. The van der Waals surface area contributed by atoms with Gasteiger partial charge in [-0.05, 0) is 103 Å². The van der Waals surface area contributed by atoms with Gasteiger partial charge in [-0.3, -0.25) is 24.6 Å². The van der Waals surface area contributed by atoms with Crippen LogP contribution in [0, 0.1) is 6.92 Å². The van der Waals surface area contributed by atoms with Crippen molar-refractivity contribution < 1.29 is 42.0 Å². The van der Waals surface area contributed by atoms with E-state index in [0.717, 1.165) is 77.2 Å². The molecule has 0 spiro atoms. The highest BCUT2D eigenvalue weighted by Crippen LogP contribution is 2.32. The van der Waals surface area contributed by atoms with Crippen LogP contribution >= 0.6 is 0 Å². The number of halogens is 3. The number of carboxylic acid groups (broad SMARTS) is 1. The van der Waals surface area contributed by atoms with Gasteiger partial charge in [-0.2, -0.15) is 23.3 Å². The first-order valence-corrected chi connectivity index (χ1v) is 20.8. The molecule has 15 nitrogen and oxygen atoms in total. The van der Waals surface area contributed by atoms with Crippen LogP contribution in [-0.4, -0.2) is 83.7 Å². The molecule has 0 radical (unpaired) electrons. The summed E-state index contributed by atoms with van der Waals surface area (Å²) < 4.78 is 38.9. The second kappa shape index (κ2) is 18.8. The van der Waals surface area contributed by atoms with E-state index in [9.17, 15) is 27.6 Å². The van der Waals surface area contributed by atoms with Crippen molar-refractivity contribution in [1.82, 2.24) is 40.3 Å². The van der Waals surface area contributed by atoms with E-state index in [-0.39, 0.29) is 35.0 Å². The van der Waals surface area contributed by atoms with Crippen LogP contribution < -0.4 is 16.0 Å². The second-order valence-electron chi connectivity index (χ2n) is 17.0. The number of fused-ring (bicyclic) bond motifs is 1. The molecule has 4 N–H and O–H groups in total. The smallest absolute Gasteiger partial charge is 0.475 e. The van der Waals surface area contributed by atoms with Crippen LogP contribution in [0.15, 0.2) is 89.8 Å². The lowest BCUT2D eigenvalue weighted by Gasteiger charge is -2.32. The zero-order valence-corrected chi connectivity index (χ0v) is 35.7. The highest BCUT2D eigenvalue weighted by atomic mass is 19.4. The summed E-state index contributed by atoms with van der Waals surface area (Å²) >= 11 is 0. The Kier molecular flexibility index (Phi) is 13.2. The highest BCUT2D eigenvalue weighted by Gasteiger charge is 2.38. The zero-order chi connectivity index (χ0) is 45.8. The minimum absolute atomic E-state index is 0.0240.